The number of hydrogen-bond donors (Lipinski definition) is 1. The van der Waals surface area contributed by atoms with Crippen LogP contribution in [0.25, 0.3) is 0 Å². The summed E-state index contributed by atoms with van der Waals surface area (Å²) in [6.45, 7) is 12.3. The molecule has 2 rings (SSSR count). The van der Waals surface area contributed by atoms with Crippen LogP contribution in [0.4, 0.5) is 0 Å². The molecule has 2 heterocycles. The van der Waals surface area contributed by atoms with Crippen molar-refractivity contribution in [3.63, 3.8) is 0 Å². The van der Waals surface area contributed by atoms with Crippen molar-refractivity contribution < 1.29 is 4.74 Å². The van der Waals surface area contributed by atoms with Gasteiger partial charge < -0.3 is 15.0 Å². The molecule has 2 saturated heterocycles. The van der Waals surface area contributed by atoms with Gasteiger partial charge in [-0.15, -0.1) is 0 Å². The molecule has 2 unspecified atom stereocenters. The van der Waals surface area contributed by atoms with Gasteiger partial charge in [0.2, 0.25) is 0 Å². The maximum absolute atomic E-state index is 5.51. The van der Waals surface area contributed by atoms with Crippen molar-refractivity contribution >= 4 is 0 Å². The average Bonchev–Trinajstić information content (AvgIpc) is 2.69. The van der Waals surface area contributed by atoms with Gasteiger partial charge >= 0.3 is 0 Å². The van der Waals surface area contributed by atoms with E-state index in [1.807, 2.05) is 0 Å². The van der Waals surface area contributed by atoms with Crippen LogP contribution >= 0.6 is 0 Å². The van der Waals surface area contributed by atoms with Crippen molar-refractivity contribution in [2.75, 3.05) is 53.0 Å². The van der Waals surface area contributed by atoms with Crippen LogP contribution in [-0.4, -0.2) is 74.9 Å². The molecule has 2 atom stereocenters. The molecule has 0 aromatic heterocycles. The van der Waals surface area contributed by atoms with Crippen LogP contribution in [0.1, 0.15) is 39.5 Å². The summed E-state index contributed by atoms with van der Waals surface area (Å²) in [6.07, 6.45) is 5.26. The summed E-state index contributed by atoms with van der Waals surface area (Å²) in [4.78, 5) is 5.11. The number of morpholine rings is 1. The standard InChI is InChI=1S/C17H35N3O/c1-15(2)13-17(20-9-11-21-12-10-20)14-18-16-5-4-7-19(3)8-6-16/h15-18H,4-14H2,1-3H3. The topological polar surface area (TPSA) is 27.7 Å². The Bertz CT molecular complexity index is 279. The summed E-state index contributed by atoms with van der Waals surface area (Å²) in [7, 11) is 2.25. The summed E-state index contributed by atoms with van der Waals surface area (Å²) >= 11 is 0. The number of likely N-dealkylation sites (tertiary alicyclic amines) is 1. The lowest BCUT2D eigenvalue weighted by atomic mass is 10.0. The minimum Gasteiger partial charge on any atom is -0.379 e. The monoisotopic (exact) mass is 297 g/mol. The van der Waals surface area contributed by atoms with Crippen LogP contribution in [0.5, 0.6) is 0 Å². The fourth-order valence-electron chi connectivity index (χ4n) is 3.60. The first kappa shape index (κ1) is 17.2. The molecule has 124 valence electrons. The first-order valence-electron chi connectivity index (χ1n) is 8.89. The molecule has 0 bridgehead atoms. The summed E-state index contributed by atoms with van der Waals surface area (Å²) in [5, 5.41) is 3.88. The largest absolute Gasteiger partial charge is 0.379 e. The van der Waals surface area contributed by atoms with E-state index in [9.17, 15) is 0 Å². The number of hydrogen-bond acceptors (Lipinski definition) is 4. The average molecular weight is 297 g/mol. The fraction of sp³-hybridized carbons (Fsp3) is 1.00. The molecule has 0 amide bonds. The Balaban J connectivity index is 1.80. The molecule has 2 aliphatic heterocycles. The number of rotatable bonds is 6. The Kier molecular flexibility index (Phi) is 7.44. The fourth-order valence-corrected chi connectivity index (χ4v) is 3.60. The molecule has 0 aromatic carbocycles. The molecule has 1 N–H and O–H groups in total. The predicted molar refractivity (Wildman–Crippen MR) is 88.8 cm³/mol. The van der Waals surface area contributed by atoms with Crippen molar-refractivity contribution in [2.45, 2.75) is 51.6 Å². The van der Waals surface area contributed by atoms with Gasteiger partial charge in [-0.05, 0) is 51.7 Å². The van der Waals surface area contributed by atoms with Gasteiger partial charge in [-0.1, -0.05) is 13.8 Å². The second kappa shape index (κ2) is 9.09. The van der Waals surface area contributed by atoms with Crippen LogP contribution in [0.2, 0.25) is 0 Å². The highest BCUT2D eigenvalue weighted by molar-refractivity contribution is 4.81. The zero-order valence-electron chi connectivity index (χ0n) is 14.3. The molecular weight excluding hydrogens is 262 g/mol. The minimum atomic E-state index is 0.676. The molecule has 0 saturated carbocycles. The highest BCUT2D eigenvalue weighted by Crippen LogP contribution is 2.15. The quantitative estimate of drug-likeness (QED) is 0.809. The van der Waals surface area contributed by atoms with Gasteiger partial charge in [0.05, 0.1) is 13.2 Å². The van der Waals surface area contributed by atoms with Gasteiger partial charge in [-0.25, -0.2) is 0 Å². The van der Waals surface area contributed by atoms with E-state index in [0.29, 0.717) is 12.1 Å². The van der Waals surface area contributed by atoms with Crippen molar-refractivity contribution in [3.05, 3.63) is 0 Å². The number of nitrogens with one attached hydrogen (secondary N) is 1. The van der Waals surface area contributed by atoms with E-state index in [2.05, 4.69) is 36.0 Å². The molecule has 2 fully saturated rings. The van der Waals surface area contributed by atoms with E-state index in [0.717, 1.165) is 38.8 Å². The number of nitrogens with zero attached hydrogens (tertiary/aromatic N) is 2. The second-order valence-electron chi connectivity index (χ2n) is 7.27. The Morgan fingerprint density at radius 1 is 1.10 bits per heavy atom. The second-order valence-corrected chi connectivity index (χ2v) is 7.27. The molecule has 2 aliphatic rings. The van der Waals surface area contributed by atoms with Crippen molar-refractivity contribution in [1.29, 1.82) is 0 Å². The van der Waals surface area contributed by atoms with E-state index in [1.54, 1.807) is 0 Å². The smallest absolute Gasteiger partial charge is 0.0594 e. The van der Waals surface area contributed by atoms with Gasteiger partial charge in [-0.3, -0.25) is 4.90 Å². The van der Waals surface area contributed by atoms with Gasteiger partial charge in [0.15, 0.2) is 0 Å². The van der Waals surface area contributed by atoms with Crippen LogP contribution in [0.3, 0.4) is 0 Å². The Hall–Kier alpha value is -0.160. The molecule has 0 spiro atoms. The normalized spacial score (nSPS) is 27.7. The molecule has 0 aromatic rings. The molecule has 4 nitrogen and oxygen atoms in total. The third-order valence-electron chi connectivity index (χ3n) is 4.90. The maximum Gasteiger partial charge on any atom is 0.0594 e. The zero-order valence-corrected chi connectivity index (χ0v) is 14.3. The third kappa shape index (κ3) is 6.23. The zero-order chi connectivity index (χ0) is 15.1. The van der Waals surface area contributed by atoms with Crippen LogP contribution in [0, 0.1) is 5.92 Å². The highest BCUT2D eigenvalue weighted by atomic mass is 16.5. The van der Waals surface area contributed by atoms with Crippen molar-refractivity contribution in [1.82, 2.24) is 15.1 Å². The third-order valence-corrected chi connectivity index (χ3v) is 4.90. The summed E-state index contributed by atoms with van der Waals surface area (Å²) in [5.41, 5.74) is 0. The summed E-state index contributed by atoms with van der Waals surface area (Å²) in [5.74, 6) is 0.764. The van der Waals surface area contributed by atoms with E-state index in [-0.39, 0.29) is 0 Å². The molecule has 0 radical (unpaired) electrons. The van der Waals surface area contributed by atoms with E-state index >= 15 is 0 Å². The summed E-state index contributed by atoms with van der Waals surface area (Å²) in [6, 6.07) is 1.39. The van der Waals surface area contributed by atoms with Crippen molar-refractivity contribution in [3.8, 4) is 0 Å². The Labute approximate surface area is 131 Å². The van der Waals surface area contributed by atoms with Crippen LogP contribution in [-0.2, 0) is 4.74 Å². The molecule has 0 aliphatic carbocycles. The summed E-state index contributed by atoms with van der Waals surface area (Å²) < 4.78 is 5.51. The van der Waals surface area contributed by atoms with Gasteiger partial charge in [-0.2, -0.15) is 0 Å². The molecular formula is C17H35N3O. The molecule has 21 heavy (non-hydrogen) atoms. The number of ether oxygens (including phenoxy) is 1. The van der Waals surface area contributed by atoms with Gasteiger partial charge in [0, 0.05) is 31.7 Å². The van der Waals surface area contributed by atoms with E-state index in [4.69, 9.17) is 4.74 Å². The minimum absolute atomic E-state index is 0.676. The SMILES string of the molecule is CC(C)CC(CNC1CCCN(C)CC1)N1CCOCC1. The highest BCUT2D eigenvalue weighted by Gasteiger charge is 2.23. The van der Waals surface area contributed by atoms with Crippen molar-refractivity contribution in [2.24, 2.45) is 5.92 Å². The first-order valence-corrected chi connectivity index (χ1v) is 8.89. The first-order chi connectivity index (χ1) is 10.1. The lowest BCUT2D eigenvalue weighted by molar-refractivity contribution is 0.0117. The lowest BCUT2D eigenvalue weighted by Gasteiger charge is -2.36. The van der Waals surface area contributed by atoms with E-state index < -0.39 is 0 Å². The predicted octanol–water partition coefficient (Wildman–Crippen LogP) is 1.81. The van der Waals surface area contributed by atoms with Crippen LogP contribution < -0.4 is 5.32 Å². The molecule has 4 heteroatoms. The van der Waals surface area contributed by atoms with Crippen LogP contribution in [0.15, 0.2) is 0 Å². The Morgan fingerprint density at radius 3 is 2.57 bits per heavy atom. The maximum atomic E-state index is 5.51. The van der Waals surface area contributed by atoms with Gasteiger partial charge in [0.25, 0.3) is 0 Å². The van der Waals surface area contributed by atoms with Gasteiger partial charge in [0.1, 0.15) is 0 Å². The lowest BCUT2D eigenvalue weighted by Crippen LogP contribution is -2.50. The Morgan fingerprint density at radius 2 is 1.86 bits per heavy atom. The van der Waals surface area contributed by atoms with E-state index in [1.165, 1.54) is 38.8 Å².